The molecule has 432 valence electrons. The molecule has 0 rings (SSSR count). The molecule has 0 aliphatic rings. The van der Waals surface area contributed by atoms with E-state index < -0.39 is 142 Å². The van der Waals surface area contributed by atoms with Crippen LogP contribution in [0.4, 0.5) is 149 Å². The Labute approximate surface area is 370 Å². The third-order valence-electron chi connectivity index (χ3n) is 6.22. The summed E-state index contributed by atoms with van der Waals surface area (Å²) in [7, 11) is -14.3. The quantitative estimate of drug-likeness (QED) is 0.0710. The number of halogens is 34. The molecule has 0 radical (unpaired) electrons. The molecule has 0 saturated carbocycles. The summed E-state index contributed by atoms with van der Waals surface area (Å²) >= 11 is 0. The fourth-order valence-electron chi connectivity index (χ4n) is 2.70. The molecule has 0 aliphatic carbocycles. The van der Waals surface area contributed by atoms with Gasteiger partial charge in [-0.15, -0.1) is 0 Å². The van der Waals surface area contributed by atoms with Gasteiger partial charge in [-0.25, -0.2) is 8.42 Å². The average Bonchev–Trinajstić information content (AvgIpc) is 3.08. The lowest BCUT2D eigenvalue weighted by Crippen LogP contribution is -2.65. The molecule has 70 heavy (non-hydrogen) atoms. The second kappa shape index (κ2) is 23.4. The van der Waals surface area contributed by atoms with Crippen LogP contribution in [0.3, 0.4) is 0 Å². The van der Waals surface area contributed by atoms with E-state index in [0.717, 1.165) is 0 Å². The summed E-state index contributed by atoms with van der Waals surface area (Å²) in [6.45, 7) is -9.83. The van der Waals surface area contributed by atoms with E-state index in [-0.39, 0.29) is 19.8 Å². The van der Waals surface area contributed by atoms with Crippen LogP contribution in [0.25, 0.3) is 0 Å². The van der Waals surface area contributed by atoms with Crippen LogP contribution in [-0.4, -0.2) is 148 Å². The number of hydrogen-bond donors (Lipinski definition) is 1. The second-order valence-corrected chi connectivity index (χ2v) is 14.2. The van der Waals surface area contributed by atoms with E-state index in [1.807, 2.05) is 0 Å². The predicted octanol–water partition coefficient (Wildman–Crippen LogP) is 10.4. The van der Waals surface area contributed by atoms with Crippen molar-refractivity contribution >= 4 is 40.0 Å². The highest BCUT2D eigenvalue weighted by molar-refractivity contribution is 7.87. The van der Waals surface area contributed by atoms with Gasteiger partial charge in [-0.05, 0) is 9.90 Å². The molecule has 0 heterocycles. The minimum atomic E-state index is -7.78. The maximum Gasteiger partial charge on any atom is 0.460 e. The van der Waals surface area contributed by atoms with Gasteiger partial charge in [-0.2, -0.15) is 159 Å². The molecule has 4 unspecified atom stereocenters. The SMILES string of the molecule is CC(F)(F)C(F)(F)C(F)(F)COC(F)(F)C(F)(OC(F)(F)C(F)(F)S(=O)(=O)O)C(F)(F)F.CC(F)(F)C(F)(F)C(F)(F)COC(F)(F)C(F)(OC(F)(F)C(F)(F)S(=O)(=O)[O-])C(F)(F)F.CF.CF.P.[PH4+]. The Bertz CT molecular complexity index is 1720. The molecule has 0 aromatic rings. The summed E-state index contributed by atoms with van der Waals surface area (Å²) in [6.07, 6.45) is -45.5. The van der Waals surface area contributed by atoms with Crippen LogP contribution in [0.1, 0.15) is 13.8 Å². The topological polar surface area (TPSA) is 148 Å². The lowest BCUT2D eigenvalue weighted by molar-refractivity contribution is -0.516. The number of alkyl halides is 34. The van der Waals surface area contributed by atoms with Crippen molar-refractivity contribution in [1.82, 2.24) is 0 Å². The molecule has 1 N–H and O–H groups in total. The van der Waals surface area contributed by atoms with Gasteiger partial charge in [-0.1, -0.05) is 0 Å². The Morgan fingerprint density at radius 2 is 0.614 bits per heavy atom. The third kappa shape index (κ3) is 16.1. The molecular formula is C22H24F34O10P2S2. The van der Waals surface area contributed by atoms with Gasteiger partial charge in [0.1, 0.15) is 13.2 Å². The van der Waals surface area contributed by atoms with Crippen LogP contribution >= 0.6 is 19.8 Å². The van der Waals surface area contributed by atoms with E-state index in [1.165, 1.54) is 9.47 Å². The van der Waals surface area contributed by atoms with E-state index in [9.17, 15) is 171 Å². The van der Waals surface area contributed by atoms with Crippen molar-refractivity contribution in [2.75, 3.05) is 27.6 Å². The van der Waals surface area contributed by atoms with Crippen LogP contribution in [0, 0.1) is 0 Å². The lowest BCUT2D eigenvalue weighted by atomic mass is 10.1. The van der Waals surface area contributed by atoms with Gasteiger partial charge in [0.15, 0.2) is 10.1 Å². The highest BCUT2D eigenvalue weighted by atomic mass is 32.2. The van der Waals surface area contributed by atoms with Gasteiger partial charge in [0.05, 0.1) is 14.4 Å². The van der Waals surface area contributed by atoms with E-state index in [1.54, 1.807) is 0 Å². The third-order valence-corrected chi connectivity index (χ3v) is 7.97. The van der Waals surface area contributed by atoms with Crippen molar-refractivity contribution in [1.29, 1.82) is 0 Å². The van der Waals surface area contributed by atoms with E-state index in [0.29, 0.717) is 14.4 Å². The monoisotopic (exact) mass is 1220 g/mol. The largest absolute Gasteiger partial charge is 0.743 e. The molecule has 0 aromatic heterocycles. The summed E-state index contributed by atoms with van der Waals surface area (Å²) in [5, 5.41) is -14.7. The number of ether oxygens (including phenoxy) is 4. The van der Waals surface area contributed by atoms with Crippen LogP contribution in [-0.2, 0) is 39.2 Å². The van der Waals surface area contributed by atoms with Gasteiger partial charge < -0.3 is 14.0 Å². The van der Waals surface area contributed by atoms with Crippen molar-refractivity contribution in [3.63, 3.8) is 0 Å². The van der Waals surface area contributed by atoms with Crippen LogP contribution < -0.4 is 0 Å². The summed E-state index contributed by atoms with van der Waals surface area (Å²) in [5.41, 5.74) is 0. The summed E-state index contributed by atoms with van der Waals surface area (Å²) in [4.78, 5) is 0. The summed E-state index contributed by atoms with van der Waals surface area (Å²) in [5.74, 6) is -53.5. The van der Waals surface area contributed by atoms with E-state index in [2.05, 4.69) is 9.47 Å². The Morgan fingerprint density at radius 1 is 0.414 bits per heavy atom. The molecule has 0 spiro atoms. The first kappa shape index (κ1) is 79.5. The smallest absolute Gasteiger partial charge is 0.460 e. The molecule has 0 saturated heterocycles. The van der Waals surface area contributed by atoms with Crippen molar-refractivity contribution < 1.29 is 194 Å². The van der Waals surface area contributed by atoms with Gasteiger partial charge in [0, 0.05) is 13.8 Å². The maximum atomic E-state index is 13.7. The minimum Gasteiger partial charge on any atom is -0.743 e. The Morgan fingerprint density at radius 3 is 0.771 bits per heavy atom. The van der Waals surface area contributed by atoms with Gasteiger partial charge in [0.25, 0.3) is 0 Å². The number of hydrogen-bond acceptors (Lipinski definition) is 9. The standard InChI is InChI=1S/2C10H6F16O5S.2CH3F.2H3P/c2*1-3(11,12)5(15,16)4(13,14)2-30-8(21,22)6(17,7(18,19)20)31-9(23,24)10(25,26)32(27,28)29;2*1-2;;/h2*2H2,1H3,(H,27,28,29);2*1H3;2*1H3. The normalized spacial score (nSPS) is 16.6. The summed E-state index contributed by atoms with van der Waals surface area (Å²) < 4.78 is 498. The molecule has 48 heteroatoms. The average molecular weight is 1220 g/mol. The van der Waals surface area contributed by atoms with Crippen LogP contribution in [0.5, 0.6) is 0 Å². The van der Waals surface area contributed by atoms with Crippen molar-refractivity contribution in [3.05, 3.63) is 0 Å². The molecule has 0 aliphatic heterocycles. The Hall–Kier alpha value is -1.86. The highest BCUT2D eigenvalue weighted by Gasteiger charge is 2.84. The predicted molar refractivity (Wildman–Crippen MR) is 163 cm³/mol. The van der Waals surface area contributed by atoms with Crippen molar-refractivity contribution in [2.45, 2.75) is 108 Å². The zero-order chi connectivity index (χ0) is 57.2. The molecular weight excluding hydrogens is 1200 g/mol. The number of rotatable bonds is 20. The molecule has 0 bridgehead atoms. The van der Waals surface area contributed by atoms with Gasteiger partial charge in [-0.3, -0.25) is 22.8 Å². The van der Waals surface area contributed by atoms with E-state index in [4.69, 9.17) is 4.55 Å². The van der Waals surface area contributed by atoms with Crippen molar-refractivity contribution in [3.8, 4) is 0 Å². The molecule has 0 amide bonds. The zero-order valence-electron chi connectivity index (χ0n) is 32.9. The minimum absolute atomic E-state index is 0. The Kier molecular flexibility index (Phi) is 26.5. The maximum absolute atomic E-state index is 13.7. The second-order valence-electron chi connectivity index (χ2n) is 11.3. The van der Waals surface area contributed by atoms with E-state index >= 15 is 0 Å². The van der Waals surface area contributed by atoms with Crippen LogP contribution in [0.15, 0.2) is 0 Å². The molecule has 0 fully saturated rings. The van der Waals surface area contributed by atoms with Gasteiger partial charge >= 0.3 is 105 Å². The highest BCUT2D eigenvalue weighted by Crippen LogP contribution is 2.56. The van der Waals surface area contributed by atoms with Crippen LogP contribution in [0.2, 0.25) is 0 Å². The first-order chi connectivity index (χ1) is 28.8. The first-order valence-corrected chi connectivity index (χ1v) is 17.1. The molecule has 0 aromatic carbocycles. The fourth-order valence-corrected chi connectivity index (χ4v) is 3.38. The fraction of sp³-hybridized carbons (Fsp3) is 1.00. The van der Waals surface area contributed by atoms with Crippen molar-refractivity contribution in [2.24, 2.45) is 0 Å². The Balaban J connectivity index is -0.000000266. The lowest BCUT2D eigenvalue weighted by Gasteiger charge is -2.39. The summed E-state index contributed by atoms with van der Waals surface area (Å²) in [6, 6.07) is 0. The zero-order valence-corrected chi connectivity index (χ0v) is 38.0. The molecule has 10 nitrogen and oxygen atoms in total. The van der Waals surface area contributed by atoms with Gasteiger partial charge in [0.2, 0.25) is 0 Å². The molecule has 4 atom stereocenters. The first-order valence-electron chi connectivity index (χ1n) is 14.2.